The smallest absolute Gasteiger partial charge is 0.336 e. The van der Waals surface area contributed by atoms with Gasteiger partial charge in [-0.05, 0) is 44.0 Å². The lowest BCUT2D eigenvalue weighted by atomic mass is 9.97. The molecular weight excluding hydrogens is 486 g/mol. The first-order valence-electron chi connectivity index (χ1n) is 13.9. The van der Waals surface area contributed by atoms with Gasteiger partial charge in [0.1, 0.15) is 12.2 Å². The van der Waals surface area contributed by atoms with Crippen LogP contribution < -0.4 is 10.5 Å². The van der Waals surface area contributed by atoms with Crippen LogP contribution in [0.5, 0.6) is 0 Å². The number of aliphatic hydroxyl groups excluding tert-OH is 1. The van der Waals surface area contributed by atoms with E-state index < -0.39 is 23.8 Å². The Balaban J connectivity index is 1.67. The number of carbonyl (C=O) groups excluding carboxylic acids is 2. The van der Waals surface area contributed by atoms with Gasteiger partial charge in [0, 0.05) is 54.7 Å². The molecule has 1 aromatic carbocycles. The molecule has 8 heteroatoms. The third-order valence-corrected chi connectivity index (χ3v) is 7.07. The van der Waals surface area contributed by atoms with Crippen molar-refractivity contribution in [3.05, 3.63) is 45.8 Å². The van der Waals surface area contributed by atoms with Crippen molar-refractivity contribution in [2.75, 3.05) is 31.2 Å². The van der Waals surface area contributed by atoms with Gasteiger partial charge >= 0.3 is 17.6 Å². The number of benzene rings is 1. The first-order valence-corrected chi connectivity index (χ1v) is 13.9. The number of hydrogen-bond donors (Lipinski definition) is 1. The Labute approximate surface area is 224 Å². The van der Waals surface area contributed by atoms with Gasteiger partial charge in [-0.3, -0.25) is 4.79 Å². The summed E-state index contributed by atoms with van der Waals surface area (Å²) in [5.74, 6) is -0.973. The summed E-state index contributed by atoms with van der Waals surface area (Å²) >= 11 is 0. The fourth-order valence-corrected chi connectivity index (χ4v) is 4.82. The lowest BCUT2D eigenvalue weighted by Crippen LogP contribution is -2.39. The van der Waals surface area contributed by atoms with Crippen LogP contribution in [-0.4, -0.2) is 48.9 Å². The monoisotopic (exact) mass is 527 g/mol. The lowest BCUT2D eigenvalue weighted by Gasteiger charge is -2.24. The van der Waals surface area contributed by atoms with Gasteiger partial charge in [0.15, 0.2) is 5.60 Å². The van der Waals surface area contributed by atoms with Crippen LogP contribution in [0, 0.1) is 0 Å². The summed E-state index contributed by atoms with van der Waals surface area (Å²) in [6.07, 6.45) is 9.63. The SMILES string of the molecule is CCCCCCCCCC(=O)OCC1(CO)C/C(=C\c2cc(=O)oc3cc(N(CC)CC)ccc23)C(=O)O1. The van der Waals surface area contributed by atoms with Crippen molar-refractivity contribution in [2.24, 2.45) is 0 Å². The molecule has 1 N–H and O–H groups in total. The van der Waals surface area contributed by atoms with E-state index >= 15 is 0 Å². The second-order valence-corrected chi connectivity index (χ2v) is 9.98. The molecule has 38 heavy (non-hydrogen) atoms. The van der Waals surface area contributed by atoms with Crippen LogP contribution in [-0.2, 0) is 19.1 Å². The van der Waals surface area contributed by atoms with Crippen molar-refractivity contribution >= 4 is 34.7 Å². The molecule has 8 nitrogen and oxygen atoms in total. The Bertz CT molecular complexity index is 1180. The van der Waals surface area contributed by atoms with Crippen molar-refractivity contribution in [1.29, 1.82) is 0 Å². The summed E-state index contributed by atoms with van der Waals surface area (Å²) in [5.41, 5.74) is 0.325. The third-order valence-electron chi connectivity index (χ3n) is 7.07. The van der Waals surface area contributed by atoms with Gasteiger partial charge in [-0.2, -0.15) is 0 Å². The summed E-state index contributed by atoms with van der Waals surface area (Å²) in [4.78, 5) is 39.4. The van der Waals surface area contributed by atoms with E-state index in [9.17, 15) is 19.5 Å². The average Bonchev–Trinajstić information content (AvgIpc) is 3.22. The number of anilines is 1. The van der Waals surface area contributed by atoms with Crippen molar-refractivity contribution in [1.82, 2.24) is 0 Å². The molecule has 0 amide bonds. The Morgan fingerprint density at radius 3 is 2.45 bits per heavy atom. The standard InChI is InChI=1S/C30H41NO7/c1-4-7-8-9-10-11-12-13-27(33)36-21-30(20-32)19-23(29(35)38-30)16-22-17-28(34)37-26-18-24(14-15-25(22)26)31(5-2)6-3/h14-18,32H,4-13,19-21H2,1-3H3/b23-16+. The number of fused-ring (bicyclic) bond motifs is 1. The molecule has 3 rings (SSSR count). The molecule has 1 aromatic heterocycles. The van der Waals surface area contributed by atoms with Crippen LogP contribution in [0.3, 0.4) is 0 Å². The molecule has 208 valence electrons. The number of carbonyl (C=O) groups is 2. The van der Waals surface area contributed by atoms with Crippen molar-refractivity contribution in [3.63, 3.8) is 0 Å². The van der Waals surface area contributed by atoms with Crippen molar-refractivity contribution in [2.45, 2.75) is 84.2 Å². The minimum atomic E-state index is -1.33. The Morgan fingerprint density at radius 2 is 1.76 bits per heavy atom. The summed E-state index contributed by atoms with van der Waals surface area (Å²) in [6.45, 7) is 7.22. The summed E-state index contributed by atoms with van der Waals surface area (Å²) < 4.78 is 16.3. The van der Waals surface area contributed by atoms with Gasteiger partial charge in [-0.1, -0.05) is 45.4 Å². The number of cyclic esters (lactones) is 1. The van der Waals surface area contributed by atoms with Crippen molar-refractivity contribution < 1.29 is 28.6 Å². The normalized spacial score (nSPS) is 18.2. The van der Waals surface area contributed by atoms with E-state index in [2.05, 4.69) is 25.7 Å². The third kappa shape index (κ3) is 7.69. The largest absolute Gasteiger partial charge is 0.461 e. The van der Waals surface area contributed by atoms with E-state index in [1.807, 2.05) is 18.2 Å². The van der Waals surface area contributed by atoms with E-state index in [0.29, 0.717) is 28.5 Å². The molecule has 0 aliphatic carbocycles. The van der Waals surface area contributed by atoms with Gasteiger partial charge in [-0.15, -0.1) is 0 Å². The van der Waals surface area contributed by atoms with E-state index in [4.69, 9.17) is 13.9 Å². The molecule has 2 heterocycles. The van der Waals surface area contributed by atoms with Gasteiger partial charge in [0.05, 0.1) is 6.61 Å². The van der Waals surface area contributed by atoms with E-state index in [1.165, 1.54) is 31.7 Å². The van der Waals surface area contributed by atoms with Crippen LogP contribution >= 0.6 is 0 Å². The highest BCUT2D eigenvalue weighted by Crippen LogP contribution is 2.34. The highest BCUT2D eigenvalue weighted by atomic mass is 16.6. The fraction of sp³-hybridized carbons (Fsp3) is 0.567. The Kier molecular flexibility index (Phi) is 11.0. The second kappa shape index (κ2) is 14.1. The molecule has 0 saturated carbocycles. The maximum Gasteiger partial charge on any atom is 0.336 e. The quantitative estimate of drug-likeness (QED) is 0.142. The predicted molar refractivity (Wildman–Crippen MR) is 148 cm³/mol. The Hall–Kier alpha value is -3.13. The number of rotatable bonds is 15. The van der Waals surface area contributed by atoms with E-state index in [0.717, 1.165) is 38.0 Å². The number of nitrogens with zero attached hydrogens (tertiary/aromatic N) is 1. The minimum absolute atomic E-state index is 0.0618. The van der Waals surface area contributed by atoms with Crippen LogP contribution in [0.4, 0.5) is 5.69 Å². The molecule has 0 bridgehead atoms. The van der Waals surface area contributed by atoms with Gasteiger partial charge < -0.3 is 23.9 Å². The number of esters is 2. The molecule has 2 aromatic rings. The van der Waals surface area contributed by atoms with Crippen LogP contribution in [0.15, 0.2) is 39.1 Å². The van der Waals surface area contributed by atoms with Gasteiger partial charge in [0.2, 0.25) is 0 Å². The number of aliphatic hydroxyl groups is 1. The van der Waals surface area contributed by atoms with Crippen LogP contribution in [0.25, 0.3) is 17.0 Å². The molecule has 1 unspecified atom stereocenters. The minimum Gasteiger partial charge on any atom is -0.461 e. The highest BCUT2D eigenvalue weighted by Gasteiger charge is 2.44. The summed E-state index contributed by atoms with van der Waals surface area (Å²) in [7, 11) is 0. The highest BCUT2D eigenvalue weighted by molar-refractivity contribution is 5.99. The van der Waals surface area contributed by atoms with E-state index in [1.54, 1.807) is 6.08 Å². The molecular formula is C30H41NO7. The molecule has 1 saturated heterocycles. The fourth-order valence-electron chi connectivity index (χ4n) is 4.82. The van der Waals surface area contributed by atoms with Crippen LogP contribution in [0.2, 0.25) is 0 Å². The summed E-state index contributed by atoms with van der Waals surface area (Å²) in [5, 5.41) is 10.7. The zero-order valence-electron chi connectivity index (χ0n) is 22.9. The number of ether oxygens (including phenoxy) is 2. The maximum absolute atomic E-state index is 12.7. The predicted octanol–water partition coefficient (Wildman–Crippen LogP) is 5.38. The van der Waals surface area contributed by atoms with Crippen molar-refractivity contribution in [3.8, 4) is 0 Å². The zero-order valence-corrected chi connectivity index (χ0v) is 22.9. The number of unbranched alkanes of at least 4 members (excludes halogenated alkanes) is 6. The molecule has 0 spiro atoms. The zero-order chi connectivity index (χ0) is 27.5. The first-order chi connectivity index (χ1) is 18.3. The summed E-state index contributed by atoms with van der Waals surface area (Å²) in [6, 6.07) is 6.97. The molecule has 1 aliphatic rings. The second-order valence-electron chi connectivity index (χ2n) is 9.98. The Morgan fingerprint density at radius 1 is 1.05 bits per heavy atom. The average molecular weight is 528 g/mol. The molecule has 0 radical (unpaired) electrons. The number of hydrogen-bond acceptors (Lipinski definition) is 8. The van der Waals surface area contributed by atoms with Crippen LogP contribution in [0.1, 0.15) is 84.1 Å². The van der Waals surface area contributed by atoms with Gasteiger partial charge in [-0.25, -0.2) is 9.59 Å². The maximum atomic E-state index is 12.7. The molecule has 1 fully saturated rings. The van der Waals surface area contributed by atoms with E-state index in [-0.39, 0.29) is 19.0 Å². The lowest BCUT2D eigenvalue weighted by molar-refractivity contribution is -0.166. The first kappa shape index (κ1) is 29.4. The van der Waals surface area contributed by atoms with Gasteiger partial charge in [0.25, 0.3) is 0 Å². The molecule has 1 aliphatic heterocycles. The topological polar surface area (TPSA) is 106 Å². The molecule has 1 atom stereocenters.